The summed E-state index contributed by atoms with van der Waals surface area (Å²) in [6.07, 6.45) is 1.74. The number of amides is 2. The van der Waals surface area contributed by atoms with Crippen LogP contribution in [0, 0.1) is 0 Å². The highest BCUT2D eigenvalue weighted by molar-refractivity contribution is 14.0. The van der Waals surface area contributed by atoms with E-state index in [1.165, 1.54) is 11.8 Å². The van der Waals surface area contributed by atoms with Gasteiger partial charge in [-0.3, -0.25) is 0 Å². The number of amidine groups is 1. The third-order valence-corrected chi connectivity index (χ3v) is 2.24. The molecule has 0 heterocycles. The zero-order valence-corrected chi connectivity index (χ0v) is 12.3. The molecule has 0 unspecified atom stereocenters. The summed E-state index contributed by atoms with van der Waals surface area (Å²) in [5, 5.41) is 3.31. The number of aliphatic imine (C=N–C) groups is 1. The zero-order chi connectivity index (χ0) is 11.3. The smallest absolute Gasteiger partial charge is 0.347 e. The monoisotopic (exact) mass is 371 g/mol. The van der Waals surface area contributed by atoms with Gasteiger partial charge in [0, 0.05) is 10.7 Å². The first-order valence-electron chi connectivity index (χ1n) is 4.06. The van der Waals surface area contributed by atoms with Crippen LogP contribution >= 0.6 is 47.3 Å². The Hall–Kier alpha value is -0.470. The molecular formula is C9H11ClIN3OS. The maximum Gasteiger partial charge on any atom is 0.347 e. The lowest BCUT2D eigenvalue weighted by molar-refractivity contribution is 0.259. The number of nitrogens with zero attached hydrogens (tertiary/aromatic N) is 1. The first-order chi connectivity index (χ1) is 7.11. The second-order valence-corrected chi connectivity index (χ2v) is 3.86. The highest BCUT2D eigenvalue weighted by Crippen LogP contribution is 2.14. The summed E-state index contributed by atoms with van der Waals surface area (Å²) < 4.78 is 0. The van der Waals surface area contributed by atoms with Gasteiger partial charge >= 0.3 is 6.03 Å². The van der Waals surface area contributed by atoms with Crippen LogP contribution in [-0.4, -0.2) is 17.5 Å². The molecule has 0 aliphatic carbocycles. The van der Waals surface area contributed by atoms with Crippen LogP contribution in [0.1, 0.15) is 0 Å². The molecule has 0 radical (unpaired) electrons. The predicted molar refractivity (Wildman–Crippen MR) is 81.0 cm³/mol. The van der Waals surface area contributed by atoms with Crippen molar-refractivity contribution in [3.63, 3.8) is 0 Å². The van der Waals surface area contributed by atoms with Gasteiger partial charge in [-0.15, -0.1) is 24.0 Å². The van der Waals surface area contributed by atoms with Crippen LogP contribution < -0.4 is 11.1 Å². The molecule has 1 aromatic rings. The lowest BCUT2D eigenvalue weighted by Crippen LogP contribution is -2.13. The van der Waals surface area contributed by atoms with Gasteiger partial charge in [0.15, 0.2) is 5.17 Å². The second kappa shape index (κ2) is 7.75. The first-order valence-corrected chi connectivity index (χ1v) is 5.67. The minimum atomic E-state index is -0.510. The highest BCUT2D eigenvalue weighted by atomic mass is 127. The molecule has 4 nitrogen and oxygen atoms in total. The molecule has 0 aliphatic heterocycles. The third-order valence-electron chi connectivity index (χ3n) is 1.50. The average molecular weight is 372 g/mol. The normalized spacial score (nSPS) is 10.5. The van der Waals surface area contributed by atoms with Gasteiger partial charge in [0.1, 0.15) is 0 Å². The number of carbonyl (C=O) groups excluding carboxylic acids is 1. The van der Waals surface area contributed by atoms with Gasteiger partial charge < -0.3 is 11.1 Å². The molecule has 0 spiro atoms. The van der Waals surface area contributed by atoms with Gasteiger partial charge in [-0.05, 0) is 24.5 Å². The molecule has 0 atom stereocenters. The number of hydrogen-bond acceptors (Lipinski definition) is 2. The summed E-state index contributed by atoms with van der Waals surface area (Å²) in [4.78, 5) is 14.8. The molecule has 0 aliphatic rings. The van der Waals surface area contributed by atoms with Gasteiger partial charge in [-0.2, -0.15) is 4.99 Å². The topological polar surface area (TPSA) is 67.5 Å². The van der Waals surface area contributed by atoms with Crippen LogP contribution in [0.3, 0.4) is 0 Å². The molecule has 16 heavy (non-hydrogen) atoms. The minimum absolute atomic E-state index is 0. The number of nitrogens with two attached hydrogens (primary N) is 1. The maximum absolute atomic E-state index is 11.3. The van der Waals surface area contributed by atoms with Crippen molar-refractivity contribution < 1.29 is 4.79 Å². The van der Waals surface area contributed by atoms with E-state index < -0.39 is 6.03 Å². The molecule has 1 aromatic carbocycles. The Morgan fingerprint density at radius 3 is 2.81 bits per heavy atom. The van der Waals surface area contributed by atoms with Crippen molar-refractivity contribution in [2.45, 2.75) is 0 Å². The van der Waals surface area contributed by atoms with Crippen LogP contribution in [0.5, 0.6) is 0 Å². The Bertz CT molecular complexity index is 400. The Kier molecular flexibility index (Phi) is 7.52. The number of benzene rings is 1. The first kappa shape index (κ1) is 15.5. The molecule has 0 fully saturated rings. The summed E-state index contributed by atoms with van der Waals surface area (Å²) in [5.41, 5.74) is 5.97. The third kappa shape index (κ3) is 5.57. The highest BCUT2D eigenvalue weighted by Gasteiger charge is 2.01. The largest absolute Gasteiger partial charge is 0.378 e. The van der Waals surface area contributed by atoms with Crippen molar-refractivity contribution in [3.8, 4) is 0 Å². The van der Waals surface area contributed by atoms with Crippen molar-refractivity contribution in [1.82, 2.24) is 0 Å². The minimum Gasteiger partial charge on any atom is -0.378 e. The number of thioether (sulfide) groups is 1. The van der Waals surface area contributed by atoms with E-state index in [9.17, 15) is 4.79 Å². The Labute approximate surface area is 120 Å². The van der Waals surface area contributed by atoms with E-state index in [-0.39, 0.29) is 29.1 Å². The Morgan fingerprint density at radius 2 is 2.25 bits per heavy atom. The van der Waals surface area contributed by atoms with E-state index in [2.05, 4.69) is 10.3 Å². The van der Waals surface area contributed by atoms with E-state index in [4.69, 9.17) is 17.3 Å². The van der Waals surface area contributed by atoms with Gasteiger partial charge in [0.25, 0.3) is 0 Å². The maximum atomic E-state index is 11.3. The molecule has 3 N–H and O–H groups in total. The number of hydrogen-bond donors (Lipinski definition) is 2. The molecule has 0 aromatic heterocycles. The predicted octanol–water partition coefficient (Wildman–Crippen LogP) is 3.17. The van der Waals surface area contributed by atoms with Crippen LogP contribution in [0.4, 0.5) is 10.5 Å². The average Bonchev–Trinajstić information content (AvgIpc) is 2.17. The number of rotatable bonds is 1. The van der Waals surface area contributed by atoms with Crippen LogP contribution in [-0.2, 0) is 0 Å². The fourth-order valence-corrected chi connectivity index (χ4v) is 1.23. The van der Waals surface area contributed by atoms with Crippen molar-refractivity contribution in [1.29, 1.82) is 0 Å². The van der Waals surface area contributed by atoms with Gasteiger partial charge in [0.2, 0.25) is 0 Å². The molecule has 7 heteroatoms. The number of nitrogens with one attached hydrogen (secondary N) is 1. The van der Waals surface area contributed by atoms with E-state index in [0.29, 0.717) is 10.7 Å². The number of urea groups is 1. The van der Waals surface area contributed by atoms with Crippen molar-refractivity contribution in [2.24, 2.45) is 10.7 Å². The van der Waals surface area contributed by atoms with Crippen LogP contribution in [0.25, 0.3) is 0 Å². The Balaban J connectivity index is 0.00000225. The van der Waals surface area contributed by atoms with Crippen LogP contribution in [0.15, 0.2) is 29.3 Å². The standard InChI is InChI=1S/C9H10ClN3OS.HI/c1-15-8(11)13-9(14)12-7-4-2-3-6(10)5-7;/h2-5H,1H3,(H3,11,12,13,14);1H. The summed E-state index contributed by atoms with van der Waals surface area (Å²) in [6, 6.07) is 6.29. The second-order valence-electron chi connectivity index (χ2n) is 2.59. The summed E-state index contributed by atoms with van der Waals surface area (Å²) in [5.74, 6) is 0. The molecule has 1 rings (SSSR count). The quantitative estimate of drug-likeness (QED) is 0.453. The van der Waals surface area contributed by atoms with E-state index in [1.807, 2.05) is 0 Å². The molecule has 0 saturated carbocycles. The van der Waals surface area contributed by atoms with Crippen molar-refractivity contribution >= 4 is 64.2 Å². The molecular weight excluding hydrogens is 361 g/mol. The Morgan fingerprint density at radius 1 is 1.56 bits per heavy atom. The van der Waals surface area contributed by atoms with E-state index in [1.54, 1.807) is 30.5 Å². The van der Waals surface area contributed by atoms with Gasteiger partial charge in [-0.25, -0.2) is 4.79 Å². The number of anilines is 1. The zero-order valence-electron chi connectivity index (χ0n) is 8.44. The molecule has 88 valence electrons. The number of halogens is 2. The molecule has 0 saturated heterocycles. The van der Waals surface area contributed by atoms with Crippen molar-refractivity contribution in [2.75, 3.05) is 11.6 Å². The lowest BCUT2D eigenvalue weighted by Gasteiger charge is -2.01. The number of carbonyl (C=O) groups is 1. The SMILES string of the molecule is CS/C(N)=N\C(=O)Nc1cccc(Cl)c1.I. The fraction of sp³-hybridized carbons (Fsp3) is 0.111. The molecule has 0 bridgehead atoms. The lowest BCUT2D eigenvalue weighted by atomic mass is 10.3. The van der Waals surface area contributed by atoms with Crippen LogP contribution in [0.2, 0.25) is 5.02 Å². The van der Waals surface area contributed by atoms with Gasteiger partial charge in [0.05, 0.1) is 0 Å². The van der Waals surface area contributed by atoms with Gasteiger partial charge in [-0.1, -0.05) is 29.4 Å². The summed E-state index contributed by atoms with van der Waals surface area (Å²) in [7, 11) is 0. The fourth-order valence-electron chi connectivity index (χ4n) is 0.863. The van der Waals surface area contributed by atoms with Crippen molar-refractivity contribution in [3.05, 3.63) is 29.3 Å². The van der Waals surface area contributed by atoms with E-state index in [0.717, 1.165) is 0 Å². The summed E-state index contributed by atoms with van der Waals surface area (Å²) >= 11 is 6.95. The molecule has 2 amide bonds. The summed E-state index contributed by atoms with van der Waals surface area (Å²) in [6.45, 7) is 0. The van der Waals surface area contributed by atoms with E-state index >= 15 is 0 Å².